The van der Waals surface area contributed by atoms with Gasteiger partial charge in [0, 0.05) is 104 Å². The molecule has 12 heteroatoms. The van der Waals surface area contributed by atoms with Gasteiger partial charge in [0.2, 0.25) is 5.97 Å². The molecule has 187 valence electrons. The molecule has 37 heavy (non-hydrogen) atoms. The first-order chi connectivity index (χ1) is 15.8. The third-order valence-corrected chi connectivity index (χ3v) is 4.14. The van der Waals surface area contributed by atoms with E-state index in [4.69, 9.17) is 25.5 Å². The van der Waals surface area contributed by atoms with Crippen molar-refractivity contribution < 1.29 is 143 Å². The molecule has 3 rings (SSSR count). The molecule has 0 aromatic heterocycles. The Labute approximate surface area is 289 Å². The molecular formula is C25H21O9Y3-3. The van der Waals surface area contributed by atoms with Gasteiger partial charge in [0.15, 0.2) is 0 Å². The molecule has 0 aliphatic carbocycles. The Hall–Kier alpha value is -1.35. The number of aromatic hydroxyl groups is 1. The summed E-state index contributed by atoms with van der Waals surface area (Å²) < 4.78 is 0. The van der Waals surface area contributed by atoms with E-state index in [-0.39, 0.29) is 121 Å². The summed E-state index contributed by atoms with van der Waals surface area (Å²) in [6, 6.07) is 17.5. The number of phenolic OH excluding ortho intramolecular Hbond substituents is 1. The number of carboxylic acid groups (broad SMARTS) is 4. The van der Waals surface area contributed by atoms with Gasteiger partial charge in [-0.3, -0.25) is 14.4 Å². The molecule has 0 bridgehead atoms. The van der Waals surface area contributed by atoms with Gasteiger partial charge in [0.1, 0.15) is 0 Å². The van der Waals surface area contributed by atoms with Crippen LogP contribution in [0.4, 0.5) is 0 Å². The van der Waals surface area contributed by atoms with E-state index in [1.807, 2.05) is 6.92 Å². The summed E-state index contributed by atoms with van der Waals surface area (Å²) in [5, 5.41) is 43.2. The second-order valence-electron chi connectivity index (χ2n) is 6.89. The van der Waals surface area contributed by atoms with E-state index in [0.717, 1.165) is 11.6 Å². The quantitative estimate of drug-likeness (QED) is 0.250. The zero-order valence-corrected chi connectivity index (χ0v) is 28.7. The largest absolute Gasteiger partial charge is 0.534 e. The Balaban J connectivity index is -0.000000454. The number of aryl methyl sites for hydroxylation is 3. The predicted octanol–water partition coefficient (Wildman–Crippen LogP) is 3.88. The molecule has 0 spiro atoms. The zero-order chi connectivity index (χ0) is 26.0. The average molecular weight is 732 g/mol. The van der Waals surface area contributed by atoms with E-state index >= 15 is 0 Å². The Morgan fingerprint density at radius 2 is 1.03 bits per heavy atom. The van der Waals surface area contributed by atoms with E-state index in [9.17, 15) is 19.2 Å². The number of hydrogen-bond acceptors (Lipinski definition) is 5. The molecule has 0 saturated heterocycles. The van der Waals surface area contributed by atoms with E-state index in [0.29, 0.717) is 16.7 Å². The minimum Gasteiger partial charge on any atom is -0.534 e. The van der Waals surface area contributed by atoms with Crippen LogP contribution >= 0.6 is 0 Å². The molecule has 9 nitrogen and oxygen atoms in total. The number of phenols is 1. The van der Waals surface area contributed by atoms with Crippen molar-refractivity contribution in [2.45, 2.75) is 20.8 Å². The first-order valence-electron chi connectivity index (χ1n) is 9.48. The number of aromatic carboxylic acids is 4. The SMILES string of the molecule is Cc1c[c-]cc(C(=O)O)c1.Cc1cc(C(=O)O)c[c-]c1C(=O)O.Cc1cc(C(=O)O)c[c-]c1O.[Y].[Y].[Y]. The Morgan fingerprint density at radius 1 is 0.595 bits per heavy atom. The van der Waals surface area contributed by atoms with Gasteiger partial charge in [-0.2, -0.15) is 42.0 Å². The summed E-state index contributed by atoms with van der Waals surface area (Å²) in [5.41, 5.74) is 2.31. The normalized spacial score (nSPS) is 8.73. The monoisotopic (exact) mass is 732 g/mol. The topological polar surface area (TPSA) is 169 Å². The van der Waals surface area contributed by atoms with Crippen LogP contribution in [0.3, 0.4) is 0 Å². The number of carbonyl (C=O) groups is 4. The van der Waals surface area contributed by atoms with Crippen LogP contribution in [0.15, 0.2) is 42.5 Å². The molecule has 0 amide bonds. The third-order valence-electron chi connectivity index (χ3n) is 4.14. The van der Waals surface area contributed by atoms with Crippen LogP contribution in [0.25, 0.3) is 0 Å². The molecule has 3 aromatic rings. The first kappa shape index (κ1) is 40.2. The summed E-state index contributed by atoms with van der Waals surface area (Å²) in [6.45, 7) is 4.99. The van der Waals surface area contributed by atoms with Crippen LogP contribution in [-0.2, 0) is 98.1 Å². The fourth-order valence-electron chi connectivity index (χ4n) is 2.41. The molecule has 3 radical (unpaired) electrons. The summed E-state index contributed by atoms with van der Waals surface area (Å²) in [5.74, 6) is -4.11. The summed E-state index contributed by atoms with van der Waals surface area (Å²) in [7, 11) is 0. The van der Waals surface area contributed by atoms with Crippen molar-refractivity contribution >= 4 is 23.9 Å². The van der Waals surface area contributed by atoms with Crippen molar-refractivity contribution in [3.05, 3.63) is 99.6 Å². The molecular weight excluding hydrogens is 711 g/mol. The van der Waals surface area contributed by atoms with Crippen molar-refractivity contribution in [1.82, 2.24) is 0 Å². The maximum absolute atomic E-state index is 10.5. The maximum atomic E-state index is 10.5. The van der Waals surface area contributed by atoms with E-state index < -0.39 is 23.9 Å². The fraction of sp³-hybridized carbons (Fsp3) is 0.120. The smallest absolute Gasteiger partial charge is 0.292 e. The molecule has 0 aliphatic rings. The molecule has 0 fully saturated rings. The van der Waals surface area contributed by atoms with Crippen LogP contribution < -0.4 is 0 Å². The van der Waals surface area contributed by atoms with Gasteiger partial charge in [-0.25, -0.2) is 0 Å². The van der Waals surface area contributed by atoms with Crippen LogP contribution in [0.1, 0.15) is 58.1 Å². The van der Waals surface area contributed by atoms with Crippen molar-refractivity contribution in [2.24, 2.45) is 0 Å². The van der Waals surface area contributed by atoms with Crippen molar-refractivity contribution in [3.8, 4) is 5.75 Å². The Kier molecular flexibility index (Phi) is 21.4. The van der Waals surface area contributed by atoms with Gasteiger partial charge in [-0.15, -0.1) is 35.4 Å². The molecule has 0 atom stereocenters. The first-order valence-corrected chi connectivity index (χ1v) is 9.48. The van der Waals surface area contributed by atoms with Gasteiger partial charge in [0.05, 0.1) is 0 Å². The van der Waals surface area contributed by atoms with Crippen LogP contribution in [-0.4, -0.2) is 49.4 Å². The molecule has 3 aromatic carbocycles. The van der Waals surface area contributed by atoms with E-state index in [2.05, 4.69) is 18.2 Å². The van der Waals surface area contributed by atoms with Crippen LogP contribution in [0.5, 0.6) is 5.75 Å². The summed E-state index contributed by atoms with van der Waals surface area (Å²) in [4.78, 5) is 41.7. The van der Waals surface area contributed by atoms with Crippen molar-refractivity contribution in [3.63, 3.8) is 0 Å². The number of rotatable bonds is 4. The summed E-state index contributed by atoms with van der Waals surface area (Å²) >= 11 is 0. The van der Waals surface area contributed by atoms with Gasteiger partial charge in [0.25, 0.3) is 17.9 Å². The average Bonchev–Trinajstić information content (AvgIpc) is 2.76. The Bertz CT molecular complexity index is 1230. The van der Waals surface area contributed by atoms with Gasteiger partial charge < -0.3 is 30.3 Å². The van der Waals surface area contributed by atoms with E-state index in [1.54, 1.807) is 19.1 Å². The van der Waals surface area contributed by atoms with Crippen LogP contribution in [0.2, 0.25) is 0 Å². The van der Waals surface area contributed by atoms with Crippen molar-refractivity contribution in [1.29, 1.82) is 0 Å². The third kappa shape index (κ3) is 14.4. The predicted molar refractivity (Wildman–Crippen MR) is 120 cm³/mol. The molecule has 0 aliphatic heterocycles. The maximum Gasteiger partial charge on any atom is 0.292 e. The minimum atomic E-state index is -1.10. The van der Waals surface area contributed by atoms with Gasteiger partial charge in [-0.05, 0) is 5.56 Å². The molecule has 5 N–H and O–H groups in total. The Morgan fingerprint density at radius 3 is 1.38 bits per heavy atom. The minimum absolute atomic E-state index is 0. The number of carboxylic acids is 4. The summed E-state index contributed by atoms with van der Waals surface area (Å²) in [6.07, 6.45) is 0. The fourth-order valence-corrected chi connectivity index (χ4v) is 2.41. The van der Waals surface area contributed by atoms with E-state index in [1.165, 1.54) is 31.2 Å². The molecule has 0 unspecified atom stereocenters. The zero-order valence-electron chi connectivity index (χ0n) is 20.1. The standard InChI is InChI=1S/C9H7O4.C8H7O3.C8H7O2.3Y/c1-5-4-6(8(10)11)2-3-7(5)9(12)13;1-5-4-6(8(10)11)2-3-7(5)9;1-6-3-2-4-7(5-6)8(9)10;;;/h2,4H,1H3,(H,10,11)(H,12,13);2,4,9H,1H3,(H,10,11);3-5H,1H3,(H,9,10);;;/q3*-1;;;. The number of hydrogen-bond donors (Lipinski definition) is 5. The van der Waals surface area contributed by atoms with Crippen LogP contribution in [0, 0.1) is 39.0 Å². The van der Waals surface area contributed by atoms with Gasteiger partial charge in [-0.1, -0.05) is 37.5 Å². The second kappa shape index (κ2) is 19.7. The van der Waals surface area contributed by atoms with Gasteiger partial charge >= 0.3 is 0 Å². The molecule has 0 saturated carbocycles. The van der Waals surface area contributed by atoms with Crippen molar-refractivity contribution in [2.75, 3.05) is 0 Å². The number of benzene rings is 3. The molecule has 0 heterocycles. The second-order valence-corrected chi connectivity index (χ2v) is 6.89.